The summed E-state index contributed by atoms with van der Waals surface area (Å²) in [4.78, 5) is 30.9. The van der Waals surface area contributed by atoms with Crippen LogP contribution in [0.25, 0.3) is 20.8 Å². The van der Waals surface area contributed by atoms with Crippen LogP contribution in [0, 0.1) is 11.8 Å². The summed E-state index contributed by atoms with van der Waals surface area (Å²) in [5.74, 6) is -1.49. The second kappa shape index (κ2) is 8.90. The van der Waals surface area contributed by atoms with Crippen LogP contribution in [-0.4, -0.2) is 45.7 Å². The second-order valence-electron chi connectivity index (χ2n) is 9.31. The van der Waals surface area contributed by atoms with Gasteiger partial charge in [-0.3, -0.25) is 4.79 Å². The zero-order valence-electron chi connectivity index (χ0n) is 18.6. The van der Waals surface area contributed by atoms with E-state index in [1.165, 1.54) is 0 Å². The molecule has 0 bridgehead atoms. The minimum Gasteiger partial charge on any atom is -0.481 e. The molecule has 32 heavy (non-hydrogen) atoms. The van der Waals surface area contributed by atoms with Gasteiger partial charge in [0.15, 0.2) is 0 Å². The number of nitrogens with zero attached hydrogens (tertiary/aromatic N) is 2. The number of carbonyl (C=O) groups is 2. The quantitative estimate of drug-likeness (QED) is 0.556. The maximum atomic E-state index is 12.4. The van der Waals surface area contributed by atoms with E-state index in [9.17, 15) is 14.7 Å². The van der Waals surface area contributed by atoms with Gasteiger partial charge >= 0.3 is 12.1 Å². The third kappa shape index (κ3) is 5.10. The molecule has 0 spiro atoms. The van der Waals surface area contributed by atoms with E-state index in [2.05, 4.69) is 6.07 Å². The average molecular weight is 453 g/mol. The minimum absolute atomic E-state index is 0.105. The van der Waals surface area contributed by atoms with E-state index >= 15 is 0 Å². The van der Waals surface area contributed by atoms with Crippen molar-refractivity contribution in [3.8, 4) is 10.6 Å². The highest BCUT2D eigenvalue weighted by Crippen LogP contribution is 2.32. The zero-order valence-corrected chi connectivity index (χ0v) is 19.4. The van der Waals surface area contributed by atoms with Gasteiger partial charge in [-0.05, 0) is 63.3 Å². The molecule has 0 radical (unpaired) electrons. The summed E-state index contributed by atoms with van der Waals surface area (Å²) >= 11 is 1.63. The molecule has 1 saturated heterocycles. The molecule has 168 valence electrons. The first-order valence-corrected chi connectivity index (χ1v) is 11.7. The van der Waals surface area contributed by atoms with Gasteiger partial charge in [-0.2, -0.15) is 0 Å². The van der Waals surface area contributed by atoms with Crippen LogP contribution in [0.3, 0.4) is 0 Å². The van der Waals surface area contributed by atoms with Gasteiger partial charge in [-0.15, -0.1) is 11.3 Å². The van der Waals surface area contributed by atoms with Crippen molar-refractivity contribution in [3.05, 3.63) is 54.1 Å². The number of aliphatic carboxylic acids is 1. The Kier molecular flexibility index (Phi) is 6.20. The number of rotatable bonds is 5. The van der Waals surface area contributed by atoms with Crippen LogP contribution in [-0.2, 0) is 16.0 Å². The third-order valence-corrected chi connectivity index (χ3v) is 6.77. The van der Waals surface area contributed by atoms with Gasteiger partial charge in [0.25, 0.3) is 0 Å². The second-order valence-corrected chi connectivity index (χ2v) is 10.3. The molecular weight excluding hydrogens is 424 g/mol. The van der Waals surface area contributed by atoms with Crippen molar-refractivity contribution in [3.63, 3.8) is 0 Å². The van der Waals surface area contributed by atoms with Crippen LogP contribution in [0.4, 0.5) is 4.79 Å². The third-order valence-electron chi connectivity index (χ3n) is 5.69. The summed E-state index contributed by atoms with van der Waals surface area (Å²) in [6, 6.07) is 16.0. The van der Waals surface area contributed by atoms with Crippen LogP contribution in [0.2, 0.25) is 0 Å². The van der Waals surface area contributed by atoms with Gasteiger partial charge < -0.3 is 14.7 Å². The smallest absolute Gasteiger partial charge is 0.410 e. The number of hydrogen-bond donors (Lipinski definition) is 1. The number of likely N-dealkylation sites (tertiary alicyclic amines) is 1. The first kappa shape index (κ1) is 22.3. The lowest BCUT2D eigenvalue weighted by Crippen LogP contribution is -2.36. The van der Waals surface area contributed by atoms with Crippen LogP contribution in [0.5, 0.6) is 0 Å². The highest BCUT2D eigenvalue weighted by Gasteiger charge is 2.37. The molecule has 2 aromatic carbocycles. The standard InChI is InChI=1S/C25H28N2O4S/c1-25(2,3)31-24(30)27-12-11-18(15-27)19(23(28)29)14-16-7-6-8-17(13-16)22-26-20-9-4-5-10-21(20)32-22/h4-10,13,18-19H,11-12,14-15H2,1-3H3,(H,28,29)/t18-,19?/m0/s1. The molecule has 2 atom stereocenters. The number of carboxylic acid groups (broad SMARTS) is 1. The van der Waals surface area contributed by atoms with Crippen molar-refractivity contribution in [2.24, 2.45) is 11.8 Å². The fourth-order valence-corrected chi connectivity index (χ4v) is 5.11. The molecule has 0 aliphatic carbocycles. The number of ether oxygens (including phenoxy) is 1. The Balaban J connectivity index is 1.49. The van der Waals surface area contributed by atoms with Crippen molar-refractivity contribution in [1.82, 2.24) is 9.88 Å². The molecule has 4 rings (SSSR count). The number of hydrogen-bond acceptors (Lipinski definition) is 5. The van der Waals surface area contributed by atoms with Crippen molar-refractivity contribution >= 4 is 33.6 Å². The number of aromatic nitrogens is 1. The first-order chi connectivity index (χ1) is 15.2. The molecule has 1 unspecified atom stereocenters. The van der Waals surface area contributed by atoms with Crippen LogP contribution >= 0.6 is 11.3 Å². The molecule has 1 N–H and O–H groups in total. The number of carboxylic acids is 1. The maximum absolute atomic E-state index is 12.4. The normalized spacial score (nSPS) is 17.5. The predicted octanol–water partition coefficient (Wildman–Crippen LogP) is 5.46. The Morgan fingerprint density at radius 3 is 2.72 bits per heavy atom. The lowest BCUT2D eigenvalue weighted by atomic mass is 9.86. The molecular formula is C25H28N2O4S. The van der Waals surface area contributed by atoms with E-state index in [-0.39, 0.29) is 12.0 Å². The lowest BCUT2D eigenvalue weighted by molar-refractivity contribution is -0.143. The summed E-state index contributed by atoms with van der Waals surface area (Å²) in [6.07, 6.45) is 0.705. The molecule has 3 aromatic rings. The number of carbonyl (C=O) groups excluding carboxylic acids is 1. The van der Waals surface area contributed by atoms with E-state index in [0.717, 1.165) is 26.4 Å². The van der Waals surface area contributed by atoms with Crippen LogP contribution in [0.15, 0.2) is 48.5 Å². The maximum Gasteiger partial charge on any atom is 0.410 e. The summed E-state index contributed by atoms with van der Waals surface area (Å²) in [5.41, 5.74) is 2.36. The molecule has 1 aliphatic heterocycles. The van der Waals surface area contributed by atoms with E-state index in [0.29, 0.717) is 25.9 Å². The van der Waals surface area contributed by atoms with Gasteiger partial charge in [0, 0.05) is 18.7 Å². The number of benzene rings is 2. The summed E-state index contributed by atoms with van der Waals surface area (Å²) in [6.45, 7) is 6.42. The van der Waals surface area contributed by atoms with E-state index < -0.39 is 17.5 Å². The molecule has 7 heteroatoms. The molecule has 1 aromatic heterocycles. The molecule has 1 aliphatic rings. The summed E-state index contributed by atoms with van der Waals surface area (Å²) in [5, 5.41) is 10.9. The Morgan fingerprint density at radius 1 is 1.22 bits per heavy atom. The minimum atomic E-state index is -0.827. The van der Waals surface area contributed by atoms with Gasteiger partial charge in [0.05, 0.1) is 16.1 Å². The Morgan fingerprint density at radius 2 is 2.00 bits per heavy atom. The topological polar surface area (TPSA) is 79.7 Å². The Bertz CT molecular complexity index is 1100. The molecule has 6 nitrogen and oxygen atoms in total. The lowest BCUT2D eigenvalue weighted by Gasteiger charge is -2.25. The van der Waals surface area contributed by atoms with Gasteiger partial charge in [0.1, 0.15) is 10.6 Å². The SMILES string of the molecule is CC(C)(C)OC(=O)N1CC[C@H](C(Cc2cccc(-c3nc4ccccc4s3)c2)C(=O)O)C1. The molecule has 1 fully saturated rings. The van der Waals surface area contributed by atoms with E-state index in [4.69, 9.17) is 9.72 Å². The molecule has 2 heterocycles. The molecule has 0 saturated carbocycles. The number of fused-ring (bicyclic) bond motifs is 1. The van der Waals surface area contributed by atoms with Gasteiger partial charge in [-0.1, -0.05) is 30.3 Å². The average Bonchev–Trinajstić information content (AvgIpc) is 3.38. The van der Waals surface area contributed by atoms with E-state index in [1.54, 1.807) is 16.2 Å². The van der Waals surface area contributed by atoms with Crippen LogP contribution in [0.1, 0.15) is 32.8 Å². The Hall–Kier alpha value is -2.93. The Labute approximate surface area is 191 Å². The van der Waals surface area contributed by atoms with E-state index in [1.807, 2.05) is 63.2 Å². The van der Waals surface area contributed by atoms with Crippen molar-refractivity contribution in [2.75, 3.05) is 13.1 Å². The van der Waals surface area contributed by atoms with Crippen molar-refractivity contribution in [1.29, 1.82) is 0 Å². The first-order valence-electron chi connectivity index (χ1n) is 10.9. The van der Waals surface area contributed by atoms with Crippen LogP contribution < -0.4 is 0 Å². The highest BCUT2D eigenvalue weighted by atomic mass is 32.1. The predicted molar refractivity (Wildman–Crippen MR) is 126 cm³/mol. The van der Waals surface area contributed by atoms with Crippen molar-refractivity contribution < 1.29 is 19.4 Å². The highest BCUT2D eigenvalue weighted by molar-refractivity contribution is 7.21. The van der Waals surface area contributed by atoms with Gasteiger partial charge in [0.2, 0.25) is 0 Å². The summed E-state index contributed by atoms with van der Waals surface area (Å²) < 4.78 is 6.58. The fraction of sp³-hybridized carbons (Fsp3) is 0.400. The van der Waals surface area contributed by atoms with Gasteiger partial charge in [-0.25, -0.2) is 9.78 Å². The monoisotopic (exact) mass is 452 g/mol. The fourth-order valence-electron chi connectivity index (χ4n) is 4.14. The summed E-state index contributed by atoms with van der Waals surface area (Å²) in [7, 11) is 0. The number of amides is 1. The zero-order chi connectivity index (χ0) is 22.9. The molecule has 1 amide bonds. The van der Waals surface area contributed by atoms with Crippen molar-refractivity contribution in [2.45, 2.75) is 39.2 Å². The number of thiazole rings is 1. The number of para-hydroxylation sites is 1. The largest absolute Gasteiger partial charge is 0.481 e.